The monoisotopic (exact) mass is 247 g/mol. The van der Waals surface area contributed by atoms with Crippen LogP contribution in [0.4, 0.5) is 0 Å². The minimum atomic E-state index is 0.586. The second-order valence-corrected chi connectivity index (χ2v) is 5.51. The molecule has 2 heteroatoms. The van der Waals surface area contributed by atoms with Gasteiger partial charge in [0, 0.05) is 12.6 Å². The lowest BCUT2D eigenvalue weighted by molar-refractivity contribution is 0.305. The van der Waals surface area contributed by atoms with Crippen LogP contribution in [0.3, 0.4) is 0 Å². The molecule has 100 valence electrons. The van der Waals surface area contributed by atoms with Gasteiger partial charge in [-0.2, -0.15) is 0 Å². The summed E-state index contributed by atoms with van der Waals surface area (Å²) >= 11 is 0. The normalized spacial score (nSPS) is 16.4. The van der Waals surface area contributed by atoms with Crippen molar-refractivity contribution < 1.29 is 4.74 Å². The van der Waals surface area contributed by atoms with Crippen LogP contribution >= 0.6 is 0 Å². The highest BCUT2D eigenvalue weighted by Crippen LogP contribution is 2.19. The Morgan fingerprint density at radius 1 is 1.17 bits per heavy atom. The Morgan fingerprint density at radius 3 is 2.44 bits per heavy atom. The van der Waals surface area contributed by atoms with Crippen molar-refractivity contribution in [2.45, 2.75) is 51.5 Å². The van der Waals surface area contributed by atoms with Crippen molar-refractivity contribution in [3.05, 3.63) is 29.8 Å². The van der Waals surface area contributed by atoms with E-state index in [0.717, 1.165) is 24.9 Å². The van der Waals surface area contributed by atoms with E-state index in [2.05, 4.69) is 43.4 Å². The molecular weight excluding hydrogens is 222 g/mol. The average molecular weight is 247 g/mol. The number of hydrogen-bond acceptors (Lipinski definition) is 2. The Bertz CT molecular complexity index is 339. The van der Waals surface area contributed by atoms with Gasteiger partial charge in [0.25, 0.3) is 0 Å². The zero-order valence-electron chi connectivity index (χ0n) is 11.6. The van der Waals surface area contributed by atoms with Crippen molar-refractivity contribution in [1.29, 1.82) is 0 Å². The lowest BCUT2D eigenvalue weighted by atomic mass is 10.0. The van der Waals surface area contributed by atoms with Crippen molar-refractivity contribution >= 4 is 0 Å². The van der Waals surface area contributed by atoms with E-state index in [9.17, 15) is 0 Å². The fraction of sp³-hybridized carbons (Fsp3) is 0.625. The fourth-order valence-corrected chi connectivity index (χ4v) is 2.51. The molecule has 0 aromatic heterocycles. The summed E-state index contributed by atoms with van der Waals surface area (Å²) in [6, 6.07) is 9.20. The van der Waals surface area contributed by atoms with Crippen LogP contribution in [0, 0.1) is 0 Å². The van der Waals surface area contributed by atoms with Crippen LogP contribution in [0.2, 0.25) is 0 Å². The first-order valence-corrected chi connectivity index (χ1v) is 7.22. The first-order chi connectivity index (χ1) is 8.75. The van der Waals surface area contributed by atoms with Crippen molar-refractivity contribution in [2.24, 2.45) is 0 Å². The molecule has 1 saturated carbocycles. The Labute approximate surface area is 111 Å². The van der Waals surface area contributed by atoms with Crippen LogP contribution in [-0.4, -0.2) is 19.2 Å². The predicted molar refractivity (Wildman–Crippen MR) is 76.3 cm³/mol. The Hall–Kier alpha value is -1.02. The second kappa shape index (κ2) is 6.79. The average Bonchev–Trinajstić information content (AvgIpc) is 2.88. The molecule has 0 bridgehead atoms. The summed E-state index contributed by atoms with van der Waals surface area (Å²) in [5.74, 6) is 1.57. The number of ether oxygens (including phenoxy) is 1. The van der Waals surface area contributed by atoms with Gasteiger partial charge in [0.05, 0.1) is 0 Å². The molecule has 0 amide bonds. The third-order valence-corrected chi connectivity index (χ3v) is 3.71. The zero-order chi connectivity index (χ0) is 12.8. The van der Waals surface area contributed by atoms with Gasteiger partial charge in [-0.1, -0.05) is 38.8 Å². The number of nitrogens with one attached hydrogen (secondary N) is 1. The molecule has 0 radical (unpaired) electrons. The van der Waals surface area contributed by atoms with Crippen LogP contribution in [0.1, 0.15) is 51.0 Å². The lowest BCUT2D eigenvalue weighted by Crippen LogP contribution is -2.30. The minimum Gasteiger partial charge on any atom is -0.492 e. The summed E-state index contributed by atoms with van der Waals surface area (Å²) in [5, 5.41) is 3.56. The maximum Gasteiger partial charge on any atom is 0.119 e. The summed E-state index contributed by atoms with van der Waals surface area (Å²) < 4.78 is 5.74. The third kappa shape index (κ3) is 4.02. The molecule has 0 saturated heterocycles. The highest BCUT2D eigenvalue weighted by molar-refractivity contribution is 5.28. The fourth-order valence-electron chi connectivity index (χ4n) is 2.51. The summed E-state index contributed by atoms with van der Waals surface area (Å²) in [7, 11) is 0. The SMILES string of the molecule is CC(C)c1ccc(OCCNC2CCCC2)cc1. The highest BCUT2D eigenvalue weighted by Gasteiger charge is 2.13. The number of rotatable bonds is 6. The number of benzene rings is 1. The van der Waals surface area contributed by atoms with Crippen molar-refractivity contribution in [3.8, 4) is 5.75 Å². The molecule has 2 rings (SSSR count). The highest BCUT2D eigenvalue weighted by atomic mass is 16.5. The van der Waals surface area contributed by atoms with Gasteiger partial charge in [0.1, 0.15) is 12.4 Å². The van der Waals surface area contributed by atoms with Gasteiger partial charge in [0.15, 0.2) is 0 Å². The number of hydrogen-bond donors (Lipinski definition) is 1. The largest absolute Gasteiger partial charge is 0.492 e. The first-order valence-electron chi connectivity index (χ1n) is 7.22. The molecule has 0 heterocycles. The molecule has 1 aromatic rings. The minimum absolute atomic E-state index is 0.586. The topological polar surface area (TPSA) is 21.3 Å². The van der Waals surface area contributed by atoms with E-state index in [-0.39, 0.29) is 0 Å². The summed E-state index contributed by atoms with van der Waals surface area (Å²) in [6.45, 7) is 6.14. The van der Waals surface area contributed by atoms with Crippen LogP contribution < -0.4 is 10.1 Å². The molecule has 1 N–H and O–H groups in total. The molecular formula is C16H25NO. The van der Waals surface area contributed by atoms with Crippen molar-refractivity contribution in [3.63, 3.8) is 0 Å². The van der Waals surface area contributed by atoms with E-state index in [1.54, 1.807) is 0 Å². The molecule has 0 unspecified atom stereocenters. The predicted octanol–water partition coefficient (Wildman–Crippen LogP) is 3.72. The van der Waals surface area contributed by atoms with Gasteiger partial charge in [-0.25, -0.2) is 0 Å². The Kier molecular flexibility index (Phi) is 5.06. The van der Waals surface area contributed by atoms with E-state index in [1.807, 2.05) is 0 Å². The smallest absolute Gasteiger partial charge is 0.119 e. The summed E-state index contributed by atoms with van der Waals surface area (Å²) in [5.41, 5.74) is 1.37. The molecule has 0 aliphatic heterocycles. The summed E-state index contributed by atoms with van der Waals surface area (Å²) in [4.78, 5) is 0. The lowest BCUT2D eigenvalue weighted by Gasteiger charge is -2.13. The standard InChI is InChI=1S/C16H25NO/c1-13(2)14-7-9-16(10-8-14)18-12-11-17-15-5-3-4-6-15/h7-10,13,15,17H,3-6,11-12H2,1-2H3. The first kappa shape index (κ1) is 13.4. The van der Waals surface area contributed by atoms with Crippen LogP contribution in [0.5, 0.6) is 5.75 Å². The van der Waals surface area contributed by atoms with Gasteiger partial charge < -0.3 is 10.1 Å². The van der Waals surface area contributed by atoms with E-state index < -0.39 is 0 Å². The molecule has 1 aliphatic rings. The van der Waals surface area contributed by atoms with Gasteiger partial charge in [0.2, 0.25) is 0 Å². The molecule has 18 heavy (non-hydrogen) atoms. The maximum absolute atomic E-state index is 5.74. The van der Waals surface area contributed by atoms with Crippen LogP contribution in [0.25, 0.3) is 0 Å². The van der Waals surface area contributed by atoms with E-state index >= 15 is 0 Å². The molecule has 1 aromatic carbocycles. The van der Waals surface area contributed by atoms with E-state index in [4.69, 9.17) is 4.74 Å². The molecule has 0 spiro atoms. The van der Waals surface area contributed by atoms with E-state index in [0.29, 0.717) is 5.92 Å². The zero-order valence-corrected chi connectivity index (χ0v) is 11.6. The summed E-state index contributed by atoms with van der Waals surface area (Å²) in [6.07, 6.45) is 5.44. The Morgan fingerprint density at radius 2 is 1.83 bits per heavy atom. The maximum atomic E-state index is 5.74. The van der Waals surface area contributed by atoms with Gasteiger partial charge in [-0.05, 0) is 36.5 Å². The quantitative estimate of drug-likeness (QED) is 0.774. The van der Waals surface area contributed by atoms with Gasteiger partial charge in [-0.15, -0.1) is 0 Å². The van der Waals surface area contributed by atoms with Gasteiger partial charge >= 0.3 is 0 Å². The molecule has 2 nitrogen and oxygen atoms in total. The Balaban J connectivity index is 1.66. The van der Waals surface area contributed by atoms with Crippen molar-refractivity contribution in [2.75, 3.05) is 13.2 Å². The van der Waals surface area contributed by atoms with Crippen LogP contribution in [-0.2, 0) is 0 Å². The van der Waals surface area contributed by atoms with E-state index in [1.165, 1.54) is 31.2 Å². The van der Waals surface area contributed by atoms with Gasteiger partial charge in [-0.3, -0.25) is 0 Å². The molecule has 1 aliphatic carbocycles. The second-order valence-electron chi connectivity index (χ2n) is 5.51. The third-order valence-electron chi connectivity index (χ3n) is 3.71. The van der Waals surface area contributed by atoms with Crippen molar-refractivity contribution in [1.82, 2.24) is 5.32 Å². The molecule has 1 fully saturated rings. The molecule has 0 atom stereocenters. The van der Waals surface area contributed by atoms with Crippen LogP contribution in [0.15, 0.2) is 24.3 Å².